The van der Waals surface area contributed by atoms with Gasteiger partial charge >= 0.3 is 0 Å². The molecule has 33 heavy (non-hydrogen) atoms. The van der Waals surface area contributed by atoms with E-state index in [1.807, 2.05) is 25.1 Å². The highest BCUT2D eigenvalue weighted by atomic mass is 35.5. The molecule has 4 rings (SSSR count). The highest BCUT2D eigenvalue weighted by Crippen LogP contribution is 2.46. The minimum Gasteiger partial charge on any atom is -0.493 e. The zero-order chi connectivity index (χ0) is 23.7. The van der Waals surface area contributed by atoms with Gasteiger partial charge in [-0.3, -0.25) is 4.79 Å². The lowest BCUT2D eigenvalue weighted by atomic mass is 9.83. The Kier molecular flexibility index (Phi) is 6.03. The number of fused-ring (bicyclic) bond motifs is 1. The van der Waals surface area contributed by atoms with Crippen molar-refractivity contribution in [2.24, 2.45) is 5.73 Å². The molecule has 1 aliphatic heterocycles. The predicted molar refractivity (Wildman–Crippen MR) is 125 cm³/mol. The van der Waals surface area contributed by atoms with E-state index in [1.54, 1.807) is 34.9 Å². The molecule has 168 valence electrons. The van der Waals surface area contributed by atoms with Gasteiger partial charge < -0.3 is 24.5 Å². The molecule has 7 nitrogen and oxygen atoms in total. The third-order valence-corrected chi connectivity index (χ3v) is 5.90. The average Bonchev–Trinajstić information content (AvgIpc) is 2.80. The van der Waals surface area contributed by atoms with Crippen LogP contribution in [0.5, 0.6) is 17.2 Å². The van der Waals surface area contributed by atoms with Crippen LogP contribution in [0, 0.1) is 18.3 Å². The summed E-state index contributed by atoms with van der Waals surface area (Å²) < 4.78 is 18.4. The number of aryl methyl sites for hydroxylation is 1. The van der Waals surface area contributed by atoms with Crippen molar-refractivity contribution in [3.63, 3.8) is 0 Å². The van der Waals surface area contributed by atoms with Crippen LogP contribution in [-0.2, 0) is 6.54 Å². The molecule has 0 radical (unpaired) electrons. The first-order valence-electron chi connectivity index (χ1n) is 10.2. The lowest BCUT2D eigenvalue weighted by Gasteiger charge is -2.28. The van der Waals surface area contributed by atoms with Gasteiger partial charge in [0.05, 0.1) is 32.2 Å². The number of benzene rings is 2. The Morgan fingerprint density at radius 2 is 1.94 bits per heavy atom. The Morgan fingerprint density at radius 3 is 2.61 bits per heavy atom. The fourth-order valence-corrected chi connectivity index (χ4v) is 4.36. The summed E-state index contributed by atoms with van der Waals surface area (Å²) in [5, 5.41) is 10.5. The van der Waals surface area contributed by atoms with E-state index < -0.39 is 5.92 Å². The van der Waals surface area contributed by atoms with Crippen molar-refractivity contribution in [3.05, 3.63) is 97.7 Å². The van der Waals surface area contributed by atoms with Crippen LogP contribution in [0.15, 0.2) is 64.8 Å². The third kappa shape index (κ3) is 3.90. The second kappa shape index (κ2) is 8.93. The number of hydrogen-bond donors (Lipinski definition) is 1. The van der Waals surface area contributed by atoms with Gasteiger partial charge in [0, 0.05) is 22.3 Å². The largest absolute Gasteiger partial charge is 0.493 e. The first-order valence-corrected chi connectivity index (χ1v) is 10.5. The zero-order valence-electron chi connectivity index (χ0n) is 18.4. The van der Waals surface area contributed by atoms with Gasteiger partial charge in [0.15, 0.2) is 11.5 Å². The number of para-hydroxylation sites is 1. The van der Waals surface area contributed by atoms with E-state index in [-0.39, 0.29) is 17.0 Å². The van der Waals surface area contributed by atoms with E-state index in [2.05, 4.69) is 6.07 Å². The Labute approximate surface area is 196 Å². The lowest BCUT2D eigenvalue weighted by Crippen LogP contribution is -2.33. The number of ether oxygens (including phenoxy) is 3. The van der Waals surface area contributed by atoms with Gasteiger partial charge in [0.25, 0.3) is 5.56 Å². The molecule has 1 atom stereocenters. The normalized spacial score (nSPS) is 14.8. The summed E-state index contributed by atoms with van der Waals surface area (Å²) >= 11 is 6.14. The number of allylic oxidation sites excluding steroid dienone is 1. The fraction of sp³-hybridized carbons (Fsp3) is 0.200. The van der Waals surface area contributed by atoms with E-state index in [9.17, 15) is 10.1 Å². The SMILES string of the molecule is COc1cccc([C@@H]2C(C#N)=C(N)Oc3cc(C)n(Cc4cccc(Cl)c4)c(=O)c32)c1OC. The van der Waals surface area contributed by atoms with Crippen molar-refractivity contribution in [3.8, 4) is 23.3 Å². The van der Waals surface area contributed by atoms with Crippen molar-refractivity contribution >= 4 is 11.6 Å². The minimum absolute atomic E-state index is 0.0498. The topological polar surface area (TPSA) is 99.5 Å². The van der Waals surface area contributed by atoms with E-state index in [0.717, 1.165) is 5.56 Å². The van der Waals surface area contributed by atoms with E-state index in [4.69, 9.17) is 31.5 Å². The Hall–Kier alpha value is -3.89. The number of nitrogens with two attached hydrogens (primary N) is 1. The van der Waals surface area contributed by atoms with Crippen molar-refractivity contribution in [1.29, 1.82) is 5.26 Å². The molecule has 1 aromatic heterocycles. The van der Waals surface area contributed by atoms with E-state index >= 15 is 0 Å². The predicted octanol–water partition coefficient (Wildman–Crippen LogP) is 4.09. The quantitative estimate of drug-likeness (QED) is 0.611. The standard InChI is InChI=1S/C25H22ClN3O4/c1-14-10-20-22(25(30)29(14)13-15-6-4-7-16(26)11-15)21(18(12-27)24(28)33-20)17-8-5-9-19(31-2)23(17)32-3/h4-11,21H,13,28H2,1-3H3/t21-/m1/s1. The smallest absolute Gasteiger partial charge is 0.259 e. The Bertz CT molecular complexity index is 1370. The molecular weight excluding hydrogens is 442 g/mol. The summed E-state index contributed by atoms with van der Waals surface area (Å²) in [5.74, 6) is 0.366. The Balaban J connectivity index is 1.97. The molecule has 3 aromatic rings. The first kappa shape index (κ1) is 22.3. The molecule has 0 spiro atoms. The van der Waals surface area contributed by atoms with Gasteiger partial charge in [0.1, 0.15) is 17.4 Å². The highest BCUT2D eigenvalue weighted by Gasteiger charge is 2.36. The molecule has 0 unspecified atom stereocenters. The maximum Gasteiger partial charge on any atom is 0.259 e. The van der Waals surface area contributed by atoms with Gasteiger partial charge in [0.2, 0.25) is 5.88 Å². The molecule has 0 fully saturated rings. The molecule has 2 heterocycles. The number of pyridine rings is 1. The average molecular weight is 464 g/mol. The van der Waals surface area contributed by atoms with Crippen LogP contribution in [0.1, 0.15) is 28.3 Å². The minimum atomic E-state index is -0.789. The second-order valence-corrected chi connectivity index (χ2v) is 8.03. The summed E-state index contributed by atoms with van der Waals surface area (Å²) in [4.78, 5) is 13.8. The van der Waals surface area contributed by atoms with Crippen LogP contribution in [0.3, 0.4) is 0 Å². The van der Waals surface area contributed by atoms with Gasteiger partial charge in [-0.15, -0.1) is 0 Å². The van der Waals surface area contributed by atoms with Crippen molar-refractivity contribution < 1.29 is 14.2 Å². The van der Waals surface area contributed by atoms with Crippen molar-refractivity contribution in [1.82, 2.24) is 4.57 Å². The molecule has 0 amide bonds. The number of hydrogen-bond acceptors (Lipinski definition) is 6. The van der Waals surface area contributed by atoms with Crippen LogP contribution in [0.4, 0.5) is 0 Å². The van der Waals surface area contributed by atoms with Gasteiger partial charge in [-0.05, 0) is 30.7 Å². The van der Waals surface area contributed by atoms with Crippen molar-refractivity contribution in [2.75, 3.05) is 14.2 Å². The number of aromatic nitrogens is 1. The number of halogens is 1. The molecular formula is C25H22ClN3O4. The van der Waals surface area contributed by atoms with Gasteiger partial charge in [-0.1, -0.05) is 35.9 Å². The Morgan fingerprint density at radius 1 is 1.18 bits per heavy atom. The highest BCUT2D eigenvalue weighted by molar-refractivity contribution is 6.30. The summed E-state index contributed by atoms with van der Waals surface area (Å²) in [6, 6.07) is 16.5. The van der Waals surface area contributed by atoms with Crippen LogP contribution in [0.2, 0.25) is 5.02 Å². The number of methoxy groups -OCH3 is 2. The van der Waals surface area contributed by atoms with E-state index in [1.165, 1.54) is 14.2 Å². The number of nitriles is 1. The van der Waals surface area contributed by atoms with Crippen LogP contribution >= 0.6 is 11.6 Å². The summed E-state index contributed by atoms with van der Waals surface area (Å²) in [6.07, 6.45) is 0. The third-order valence-electron chi connectivity index (χ3n) is 5.66. The molecule has 8 heteroatoms. The van der Waals surface area contributed by atoms with Crippen molar-refractivity contribution in [2.45, 2.75) is 19.4 Å². The molecule has 2 N–H and O–H groups in total. The first-order chi connectivity index (χ1) is 15.9. The summed E-state index contributed by atoms with van der Waals surface area (Å²) in [5.41, 5.74) is 8.39. The molecule has 0 saturated carbocycles. The lowest BCUT2D eigenvalue weighted by molar-refractivity contribution is 0.348. The summed E-state index contributed by atoms with van der Waals surface area (Å²) in [6.45, 7) is 2.12. The monoisotopic (exact) mass is 463 g/mol. The van der Waals surface area contributed by atoms with Crippen LogP contribution in [0.25, 0.3) is 0 Å². The number of nitrogens with zero attached hydrogens (tertiary/aromatic N) is 2. The maximum atomic E-state index is 13.8. The number of rotatable bonds is 5. The zero-order valence-corrected chi connectivity index (χ0v) is 19.1. The summed E-state index contributed by atoms with van der Waals surface area (Å²) in [7, 11) is 3.03. The maximum absolute atomic E-state index is 13.8. The molecule has 0 saturated heterocycles. The molecule has 0 bridgehead atoms. The van der Waals surface area contributed by atoms with Crippen LogP contribution in [-0.4, -0.2) is 18.8 Å². The molecule has 0 aliphatic carbocycles. The fourth-order valence-electron chi connectivity index (χ4n) is 4.15. The van der Waals surface area contributed by atoms with Gasteiger partial charge in [-0.2, -0.15) is 5.26 Å². The molecule has 2 aromatic carbocycles. The van der Waals surface area contributed by atoms with Gasteiger partial charge in [-0.25, -0.2) is 0 Å². The van der Waals surface area contributed by atoms with Crippen LogP contribution < -0.4 is 25.5 Å². The van der Waals surface area contributed by atoms with E-state index in [0.29, 0.717) is 45.6 Å². The second-order valence-electron chi connectivity index (χ2n) is 7.59. The molecule has 1 aliphatic rings.